The Morgan fingerprint density at radius 3 is 1.96 bits per heavy atom. The van der Waals surface area contributed by atoms with Crippen LogP contribution in [0.4, 0.5) is 0 Å². The van der Waals surface area contributed by atoms with E-state index in [0.717, 1.165) is 12.3 Å². The molecule has 148 valence electrons. The van der Waals surface area contributed by atoms with E-state index in [-0.39, 0.29) is 5.41 Å². The number of rotatable bonds is 7. The second kappa shape index (κ2) is 16.6. The lowest BCUT2D eigenvalue weighted by molar-refractivity contribution is 0.492. The SMILES string of the molecule is CCC1(C)C=CC(C(C)C)=CN=C1.CCCC.CCCCC(C)CC. The quantitative estimate of drug-likeness (QED) is 0.436. The minimum atomic E-state index is 0.146. The molecular weight excluding hydrogens is 302 g/mol. The lowest BCUT2D eigenvalue weighted by Gasteiger charge is -2.16. The van der Waals surface area contributed by atoms with Crippen molar-refractivity contribution >= 4 is 6.21 Å². The van der Waals surface area contributed by atoms with Gasteiger partial charge in [-0.05, 0) is 23.8 Å². The summed E-state index contributed by atoms with van der Waals surface area (Å²) in [5, 5.41) is 0. The van der Waals surface area contributed by atoms with Gasteiger partial charge in [-0.15, -0.1) is 0 Å². The van der Waals surface area contributed by atoms with Crippen LogP contribution >= 0.6 is 0 Å². The molecule has 0 saturated heterocycles. The van der Waals surface area contributed by atoms with Gasteiger partial charge >= 0.3 is 0 Å². The van der Waals surface area contributed by atoms with Gasteiger partial charge in [0.25, 0.3) is 0 Å². The summed E-state index contributed by atoms with van der Waals surface area (Å²) in [6.07, 6.45) is 17.8. The molecule has 1 aliphatic rings. The summed E-state index contributed by atoms with van der Waals surface area (Å²) < 4.78 is 0. The van der Waals surface area contributed by atoms with Gasteiger partial charge in [0, 0.05) is 17.8 Å². The first-order valence-electron chi connectivity index (χ1n) is 10.7. The van der Waals surface area contributed by atoms with E-state index in [1.807, 2.05) is 12.4 Å². The molecule has 0 saturated carbocycles. The summed E-state index contributed by atoms with van der Waals surface area (Å²) in [7, 11) is 0. The van der Waals surface area contributed by atoms with E-state index < -0.39 is 0 Å². The van der Waals surface area contributed by atoms with Crippen molar-refractivity contribution in [3.8, 4) is 0 Å². The second-order valence-electron chi connectivity index (χ2n) is 7.91. The van der Waals surface area contributed by atoms with Gasteiger partial charge in [-0.3, -0.25) is 4.99 Å². The zero-order valence-corrected chi connectivity index (χ0v) is 18.9. The van der Waals surface area contributed by atoms with Crippen molar-refractivity contribution in [3.63, 3.8) is 0 Å². The van der Waals surface area contributed by atoms with E-state index in [9.17, 15) is 0 Å². The number of nitrogens with zero attached hydrogens (tertiary/aromatic N) is 1. The van der Waals surface area contributed by atoms with Crippen LogP contribution in [0.2, 0.25) is 0 Å². The third kappa shape index (κ3) is 15.1. The Morgan fingerprint density at radius 1 is 0.960 bits per heavy atom. The van der Waals surface area contributed by atoms with Gasteiger partial charge in [0.15, 0.2) is 0 Å². The number of allylic oxidation sites excluding steroid dienone is 3. The van der Waals surface area contributed by atoms with E-state index in [1.165, 1.54) is 44.1 Å². The highest BCUT2D eigenvalue weighted by Crippen LogP contribution is 2.25. The van der Waals surface area contributed by atoms with E-state index in [2.05, 4.69) is 79.5 Å². The van der Waals surface area contributed by atoms with Gasteiger partial charge in [0.2, 0.25) is 0 Å². The van der Waals surface area contributed by atoms with Gasteiger partial charge < -0.3 is 0 Å². The summed E-state index contributed by atoms with van der Waals surface area (Å²) >= 11 is 0. The van der Waals surface area contributed by atoms with Gasteiger partial charge in [0.1, 0.15) is 0 Å². The Morgan fingerprint density at radius 2 is 1.56 bits per heavy atom. The summed E-state index contributed by atoms with van der Waals surface area (Å²) in [4.78, 5) is 4.35. The molecular formula is C24H47N. The molecule has 0 fully saturated rings. The Kier molecular flexibility index (Phi) is 17.5. The van der Waals surface area contributed by atoms with Crippen LogP contribution in [0.3, 0.4) is 0 Å². The molecule has 1 nitrogen and oxygen atoms in total. The van der Waals surface area contributed by atoms with E-state index >= 15 is 0 Å². The molecule has 0 N–H and O–H groups in total. The first-order valence-corrected chi connectivity index (χ1v) is 10.7. The Labute approximate surface area is 160 Å². The molecule has 0 aromatic heterocycles. The van der Waals surface area contributed by atoms with Gasteiger partial charge in [0.05, 0.1) is 0 Å². The molecule has 2 atom stereocenters. The van der Waals surface area contributed by atoms with Crippen LogP contribution < -0.4 is 0 Å². The molecule has 1 heteroatoms. The number of hydrogen-bond acceptors (Lipinski definition) is 1. The predicted octanol–water partition coefficient (Wildman–Crippen LogP) is 8.61. The zero-order chi connectivity index (χ0) is 19.7. The second-order valence-corrected chi connectivity index (χ2v) is 7.91. The molecule has 1 aliphatic heterocycles. The van der Waals surface area contributed by atoms with E-state index in [1.54, 1.807) is 0 Å². The molecule has 1 rings (SSSR count). The first-order chi connectivity index (χ1) is 11.8. The summed E-state index contributed by atoms with van der Waals surface area (Å²) in [5.41, 5.74) is 1.46. The maximum atomic E-state index is 4.35. The minimum absolute atomic E-state index is 0.146. The van der Waals surface area contributed by atoms with Crippen molar-refractivity contribution in [2.75, 3.05) is 0 Å². The number of hydrogen-bond donors (Lipinski definition) is 0. The van der Waals surface area contributed by atoms with Crippen molar-refractivity contribution in [1.29, 1.82) is 0 Å². The highest BCUT2D eigenvalue weighted by atomic mass is 14.7. The van der Waals surface area contributed by atoms with E-state index in [4.69, 9.17) is 0 Å². The van der Waals surface area contributed by atoms with Crippen molar-refractivity contribution in [2.45, 2.75) is 107 Å². The average molecular weight is 350 g/mol. The topological polar surface area (TPSA) is 12.4 Å². The summed E-state index contributed by atoms with van der Waals surface area (Å²) in [6.45, 7) is 20.0. The van der Waals surface area contributed by atoms with Crippen LogP contribution in [0.25, 0.3) is 0 Å². The molecule has 0 bridgehead atoms. The zero-order valence-electron chi connectivity index (χ0n) is 18.9. The molecule has 0 aliphatic carbocycles. The molecule has 25 heavy (non-hydrogen) atoms. The van der Waals surface area contributed by atoms with Crippen molar-refractivity contribution < 1.29 is 0 Å². The highest BCUT2D eigenvalue weighted by molar-refractivity contribution is 5.69. The monoisotopic (exact) mass is 349 g/mol. The molecule has 0 spiro atoms. The normalized spacial score (nSPS) is 20.0. The van der Waals surface area contributed by atoms with Crippen molar-refractivity contribution in [3.05, 3.63) is 23.9 Å². The van der Waals surface area contributed by atoms with Crippen LogP contribution in [0.1, 0.15) is 107 Å². The third-order valence-corrected chi connectivity index (χ3v) is 4.93. The first kappa shape index (κ1) is 26.4. The van der Waals surface area contributed by atoms with Crippen LogP contribution in [0.15, 0.2) is 28.9 Å². The van der Waals surface area contributed by atoms with E-state index in [0.29, 0.717) is 5.92 Å². The third-order valence-electron chi connectivity index (χ3n) is 4.93. The van der Waals surface area contributed by atoms with Gasteiger partial charge in [-0.1, -0.05) is 113 Å². The molecule has 0 amide bonds. The van der Waals surface area contributed by atoms with Crippen LogP contribution in [0.5, 0.6) is 0 Å². The van der Waals surface area contributed by atoms with Crippen molar-refractivity contribution in [2.24, 2.45) is 22.2 Å². The van der Waals surface area contributed by atoms with Crippen LogP contribution in [-0.4, -0.2) is 6.21 Å². The fourth-order valence-corrected chi connectivity index (χ4v) is 1.97. The number of unbranched alkanes of at least 4 members (excludes halogenated alkanes) is 2. The predicted molar refractivity (Wildman–Crippen MR) is 119 cm³/mol. The Hall–Kier alpha value is -0.850. The number of aliphatic imine (C=N–C) groups is 1. The van der Waals surface area contributed by atoms with Crippen LogP contribution in [0, 0.1) is 17.3 Å². The Bertz CT molecular complexity index is 374. The molecule has 0 aromatic rings. The molecule has 2 unspecified atom stereocenters. The summed E-state index contributed by atoms with van der Waals surface area (Å²) in [5.74, 6) is 1.52. The van der Waals surface area contributed by atoms with Crippen LogP contribution in [-0.2, 0) is 0 Å². The lowest BCUT2D eigenvalue weighted by Crippen LogP contribution is -2.12. The average Bonchev–Trinajstić information content (AvgIpc) is 2.83. The lowest BCUT2D eigenvalue weighted by atomic mass is 9.88. The molecule has 0 radical (unpaired) electrons. The van der Waals surface area contributed by atoms with Gasteiger partial charge in [-0.2, -0.15) is 0 Å². The molecule has 0 aromatic carbocycles. The standard InChI is InChI=1S/C12H19N.C8H18.C4H10/c1-5-12(4)7-6-11(10(2)3)8-13-9-12;1-4-6-7-8(3)5-2;1-3-4-2/h6-10H,5H2,1-4H3;8H,4-7H2,1-3H3;3-4H2,1-2H3. The highest BCUT2D eigenvalue weighted by Gasteiger charge is 2.16. The summed E-state index contributed by atoms with van der Waals surface area (Å²) in [6, 6.07) is 0. The maximum Gasteiger partial charge on any atom is 0.0298 e. The Balaban J connectivity index is 0. The van der Waals surface area contributed by atoms with Crippen molar-refractivity contribution in [1.82, 2.24) is 0 Å². The maximum absolute atomic E-state index is 4.35. The van der Waals surface area contributed by atoms with Gasteiger partial charge in [-0.25, -0.2) is 0 Å². The largest absolute Gasteiger partial charge is 0.268 e. The smallest absolute Gasteiger partial charge is 0.0298 e. The fourth-order valence-electron chi connectivity index (χ4n) is 1.97. The molecule has 1 heterocycles. The fraction of sp³-hybridized carbons (Fsp3) is 0.792. The minimum Gasteiger partial charge on any atom is -0.268 e.